The lowest BCUT2D eigenvalue weighted by atomic mass is 10.0. The minimum absolute atomic E-state index is 0.188. The van der Waals surface area contributed by atoms with E-state index >= 15 is 0 Å². The zero-order valence-corrected chi connectivity index (χ0v) is 11.6. The van der Waals surface area contributed by atoms with Gasteiger partial charge < -0.3 is 14.4 Å². The van der Waals surface area contributed by atoms with Crippen LogP contribution < -0.4 is 4.74 Å². The molecule has 3 heteroatoms. The molecule has 18 heavy (non-hydrogen) atoms. The number of nitrogens with zero attached hydrogens (tertiary/aromatic N) is 1. The number of likely N-dealkylation sites (N-methyl/N-ethyl adjacent to an activating group) is 1. The monoisotopic (exact) mass is 249 g/mol. The van der Waals surface area contributed by atoms with Crippen molar-refractivity contribution in [3.63, 3.8) is 0 Å². The minimum atomic E-state index is 0.188. The fourth-order valence-corrected chi connectivity index (χ4v) is 2.11. The highest BCUT2D eigenvalue weighted by Gasteiger charge is 2.18. The van der Waals surface area contributed by atoms with Gasteiger partial charge in [-0.25, -0.2) is 0 Å². The van der Waals surface area contributed by atoms with Gasteiger partial charge >= 0.3 is 0 Å². The van der Waals surface area contributed by atoms with Gasteiger partial charge in [-0.3, -0.25) is 0 Å². The van der Waals surface area contributed by atoms with Crippen LogP contribution in [0, 0.1) is 0 Å². The van der Waals surface area contributed by atoms with Crippen LogP contribution in [-0.2, 0) is 4.74 Å². The molecule has 1 atom stereocenters. The number of morpholine rings is 1. The highest BCUT2D eigenvalue weighted by Crippen LogP contribution is 2.19. The standard InChI is InChI=1S/C15H23NO2/c1-12(2)13-4-6-14(7-5-13)18-11-15-10-16(3)8-9-17-15/h4-7,12,15H,8-11H2,1-3H3. The smallest absolute Gasteiger partial charge is 0.119 e. The van der Waals surface area contributed by atoms with Crippen molar-refractivity contribution in [2.24, 2.45) is 0 Å². The summed E-state index contributed by atoms with van der Waals surface area (Å²) in [6.45, 7) is 7.79. The number of rotatable bonds is 4. The van der Waals surface area contributed by atoms with Crippen LogP contribution in [-0.4, -0.2) is 44.4 Å². The maximum atomic E-state index is 5.78. The second-order valence-corrected chi connectivity index (χ2v) is 5.29. The van der Waals surface area contributed by atoms with E-state index in [-0.39, 0.29) is 6.10 Å². The van der Waals surface area contributed by atoms with Crippen LogP contribution in [0.15, 0.2) is 24.3 Å². The summed E-state index contributed by atoms with van der Waals surface area (Å²) in [6.07, 6.45) is 0.188. The van der Waals surface area contributed by atoms with Crippen molar-refractivity contribution >= 4 is 0 Å². The van der Waals surface area contributed by atoms with Crippen molar-refractivity contribution in [3.8, 4) is 5.75 Å². The molecule has 1 aliphatic heterocycles. The highest BCUT2D eigenvalue weighted by atomic mass is 16.5. The van der Waals surface area contributed by atoms with Gasteiger partial charge in [-0.2, -0.15) is 0 Å². The summed E-state index contributed by atoms with van der Waals surface area (Å²) in [5, 5.41) is 0. The molecule has 0 aromatic heterocycles. The van der Waals surface area contributed by atoms with Gasteiger partial charge in [-0.15, -0.1) is 0 Å². The Morgan fingerprint density at radius 2 is 2.06 bits per heavy atom. The molecule has 3 nitrogen and oxygen atoms in total. The molecule has 1 aromatic carbocycles. The van der Waals surface area contributed by atoms with E-state index in [4.69, 9.17) is 9.47 Å². The highest BCUT2D eigenvalue weighted by molar-refractivity contribution is 5.28. The van der Waals surface area contributed by atoms with Crippen LogP contribution in [0.2, 0.25) is 0 Å². The largest absolute Gasteiger partial charge is 0.491 e. The number of hydrogen-bond acceptors (Lipinski definition) is 3. The van der Waals surface area contributed by atoms with Gasteiger partial charge in [-0.1, -0.05) is 26.0 Å². The van der Waals surface area contributed by atoms with E-state index in [1.54, 1.807) is 0 Å². The van der Waals surface area contributed by atoms with Crippen LogP contribution in [0.4, 0.5) is 0 Å². The maximum Gasteiger partial charge on any atom is 0.119 e. The molecule has 0 spiro atoms. The Bertz CT molecular complexity index is 361. The molecular formula is C15H23NO2. The molecule has 1 unspecified atom stereocenters. The minimum Gasteiger partial charge on any atom is -0.491 e. The molecular weight excluding hydrogens is 226 g/mol. The molecule has 0 amide bonds. The predicted molar refractivity (Wildman–Crippen MR) is 73.3 cm³/mol. The van der Waals surface area contributed by atoms with E-state index in [0.29, 0.717) is 12.5 Å². The first kappa shape index (κ1) is 13.4. The SMILES string of the molecule is CC(C)c1ccc(OCC2CN(C)CCO2)cc1. The molecule has 1 heterocycles. The Hall–Kier alpha value is -1.06. The van der Waals surface area contributed by atoms with Crippen LogP contribution in [0.1, 0.15) is 25.3 Å². The lowest BCUT2D eigenvalue weighted by Crippen LogP contribution is -2.42. The van der Waals surface area contributed by atoms with Gasteiger partial charge in [0.15, 0.2) is 0 Å². The van der Waals surface area contributed by atoms with Crippen molar-refractivity contribution in [2.75, 3.05) is 33.4 Å². The average Bonchev–Trinajstić information content (AvgIpc) is 2.37. The Labute approximate surface area is 110 Å². The van der Waals surface area contributed by atoms with Gasteiger partial charge in [0.25, 0.3) is 0 Å². The molecule has 100 valence electrons. The lowest BCUT2D eigenvalue weighted by Gasteiger charge is -2.29. The van der Waals surface area contributed by atoms with E-state index in [2.05, 4.69) is 37.9 Å². The first-order valence-corrected chi connectivity index (χ1v) is 6.68. The first-order chi connectivity index (χ1) is 8.65. The van der Waals surface area contributed by atoms with Gasteiger partial charge in [0.05, 0.1) is 6.61 Å². The molecule has 2 rings (SSSR count). The van der Waals surface area contributed by atoms with E-state index < -0.39 is 0 Å². The van der Waals surface area contributed by atoms with Crippen LogP contribution in [0.25, 0.3) is 0 Å². The van der Waals surface area contributed by atoms with Crippen LogP contribution >= 0.6 is 0 Å². The zero-order valence-electron chi connectivity index (χ0n) is 11.6. The van der Waals surface area contributed by atoms with Crippen LogP contribution in [0.3, 0.4) is 0 Å². The molecule has 1 aliphatic rings. The third-order valence-electron chi connectivity index (χ3n) is 3.32. The molecule has 0 N–H and O–H groups in total. The van der Waals surface area contributed by atoms with E-state index in [1.807, 2.05) is 12.1 Å². The topological polar surface area (TPSA) is 21.7 Å². The third kappa shape index (κ3) is 3.72. The van der Waals surface area contributed by atoms with Crippen molar-refractivity contribution in [1.29, 1.82) is 0 Å². The van der Waals surface area contributed by atoms with Crippen LogP contribution in [0.5, 0.6) is 5.75 Å². The Kier molecular flexibility index (Phi) is 4.61. The second-order valence-electron chi connectivity index (χ2n) is 5.29. The second kappa shape index (κ2) is 6.21. The third-order valence-corrected chi connectivity index (χ3v) is 3.32. The lowest BCUT2D eigenvalue weighted by molar-refractivity contribution is -0.0403. The predicted octanol–water partition coefficient (Wildman–Crippen LogP) is 2.52. The average molecular weight is 249 g/mol. The van der Waals surface area contributed by atoms with E-state index in [0.717, 1.165) is 25.4 Å². The summed E-state index contributed by atoms with van der Waals surface area (Å²) >= 11 is 0. The Morgan fingerprint density at radius 1 is 1.33 bits per heavy atom. The summed E-state index contributed by atoms with van der Waals surface area (Å²) in [5.74, 6) is 1.49. The van der Waals surface area contributed by atoms with Crippen molar-refractivity contribution in [1.82, 2.24) is 4.90 Å². The van der Waals surface area contributed by atoms with Crippen molar-refractivity contribution in [2.45, 2.75) is 25.9 Å². The van der Waals surface area contributed by atoms with Gasteiger partial charge in [-0.05, 0) is 30.7 Å². The fourth-order valence-electron chi connectivity index (χ4n) is 2.11. The van der Waals surface area contributed by atoms with Gasteiger partial charge in [0.1, 0.15) is 18.5 Å². The van der Waals surface area contributed by atoms with Crippen molar-refractivity contribution < 1.29 is 9.47 Å². The normalized spacial score (nSPS) is 21.2. The quantitative estimate of drug-likeness (QED) is 0.818. The number of hydrogen-bond donors (Lipinski definition) is 0. The molecule has 0 bridgehead atoms. The summed E-state index contributed by atoms with van der Waals surface area (Å²) in [7, 11) is 2.12. The number of ether oxygens (including phenoxy) is 2. The molecule has 0 radical (unpaired) electrons. The molecule has 1 fully saturated rings. The first-order valence-electron chi connectivity index (χ1n) is 6.68. The van der Waals surface area contributed by atoms with E-state index in [1.165, 1.54) is 5.56 Å². The number of benzene rings is 1. The summed E-state index contributed by atoms with van der Waals surface area (Å²) < 4.78 is 11.4. The zero-order chi connectivity index (χ0) is 13.0. The Balaban J connectivity index is 1.82. The van der Waals surface area contributed by atoms with Gasteiger partial charge in [0.2, 0.25) is 0 Å². The van der Waals surface area contributed by atoms with Gasteiger partial charge in [0, 0.05) is 13.1 Å². The molecule has 1 aromatic rings. The molecule has 1 saturated heterocycles. The Morgan fingerprint density at radius 3 is 2.67 bits per heavy atom. The molecule has 0 aliphatic carbocycles. The van der Waals surface area contributed by atoms with Crippen molar-refractivity contribution in [3.05, 3.63) is 29.8 Å². The summed E-state index contributed by atoms with van der Waals surface area (Å²) in [6, 6.07) is 8.35. The summed E-state index contributed by atoms with van der Waals surface area (Å²) in [5.41, 5.74) is 1.34. The van der Waals surface area contributed by atoms with E-state index in [9.17, 15) is 0 Å². The maximum absolute atomic E-state index is 5.78. The fraction of sp³-hybridized carbons (Fsp3) is 0.600. The molecule has 0 saturated carbocycles. The summed E-state index contributed by atoms with van der Waals surface area (Å²) in [4.78, 5) is 2.28.